The Bertz CT molecular complexity index is 1070. The Morgan fingerprint density at radius 1 is 1.07 bits per heavy atom. The zero-order valence-corrected chi connectivity index (χ0v) is 15.3. The lowest BCUT2D eigenvalue weighted by Gasteiger charge is -2.28. The number of halogens is 1. The van der Waals surface area contributed by atoms with Crippen LogP contribution < -0.4 is 5.56 Å². The molecule has 138 valence electrons. The highest BCUT2D eigenvalue weighted by atomic mass is 35.5. The van der Waals surface area contributed by atoms with Crippen molar-refractivity contribution in [3.8, 4) is 11.1 Å². The molecule has 0 unspecified atom stereocenters. The van der Waals surface area contributed by atoms with Gasteiger partial charge in [-0.05, 0) is 42.0 Å². The Morgan fingerprint density at radius 2 is 1.78 bits per heavy atom. The molecule has 0 saturated carbocycles. The maximum Gasteiger partial charge on any atom is 0.353 e. The summed E-state index contributed by atoms with van der Waals surface area (Å²) in [6, 6.07) is 14.1. The molecule has 0 bridgehead atoms. The summed E-state index contributed by atoms with van der Waals surface area (Å²) < 4.78 is 6.85. The van der Waals surface area contributed by atoms with Crippen LogP contribution in [0, 0.1) is 0 Å². The van der Waals surface area contributed by atoms with Crippen LogP contribution in [0.2, 0.25) is 5.02 Å². The predicted octanol–water partition coefficient (Wildman–Crippen LogP) is 4.37. The van der Waals surface area contributed by atoms with Crippen molar-refractivity contribution in [3.05, 3.63) is 69.6 Å². The molecule has 1 aliphatic rings. The summed E-state index contributed by atoms with van der Waals surface area (Å²) in [6.07, 6.45) is 1.21. The largest absolute Gasteiger partial charge is 0.477 e. The number of fused-ring (bicyclic) bond motifs is 1. The van der Waals surface area contributed by atoms with Crippen LogP contribution in [-0.4, -0.2) is 28.9 Å². The summed E-state index contributed by atoms with van der Waals surface area (Å²) in [6.45, 7) is 1.02. The number of aromatic carboxylic acids is 1. The van der Waals surface area contributed by atoms with E-state index in [2.05, 4.69) is 0 Å². The van der Waals surface area contributed by atoms with Crippen molar-refractivity contribution in [2.75, 3.05) is 13.2 Å². The number of benzene rings is 2. The fourth-order valence-corrected chi connectivity index (χ4v) is 3.96. The third kappa shape index (κ3) is 3.13. The van der Waals surface area contributed by atoms with Gasteiger partial charge in [-0.1, -0.05) is 41.9 Å². The van der Waals surface area contributed by atoms with Gasteiger partial charge in [-0.3, -0.25) is 9.36 Å². The molecule has 1 aromatic heterocycles. The summed E-state index contributed by atoms with van der Waals surface area (Å²) in [5.41, 5.74) is 0.966. The standard InChI is InChI=1S/C21H18ClNO4/c22-14-6-7-16-17(12-14)18(13-4-2-1-3-5-13)19(21(25)26)23(20(16)24)15-8-10-27-11-9-15/h1-7,12,15H,8-11H2,(H,25,26). The molecular formula is C21H18ClNO4. The molecule has 27 heavy (non-hydrogen) atoms. The number of carboxylic acid groups (broad SMARTS) is 1. The van der Waals surface area contributed by atoms with Crippen LogP contribution >= 0.6 is 11.6 Å². The van der Waals surface area contributed by atoms with Crippen molar-refractivity contribution in [2.24, 2.45) is 0 Å². The van der Waals surface area contributed by atoms with Gasteiger partial charge in [0.1, 0.15) is 5.69 Å². The van der Waals surface area contributed by atoms with Crippen LogP contribution in [0.5, 0.6) is 0 Å². The molecular weight excluding hydrogens is 366 g/mol. The number of hydrogen-bond donors (Lipinski definition) is 1. The van der Waals surface area contributed by atoms with E-state index in [0.717, 1.165) is 5.56 Å². The number of pyridine rings is 1. The average molecular weight is 384 g/mol. The second-order valence-corrected chi connectivity index (χ2v) is 7.04. The molecule has 1 aliphatic heterocycles. The number of carbonyl (C=O) groups is 1. The smallest absolute Gasteiger partial charge is 0.353 e. The molecule has 1 fully saturated rings. The van der Waals surface area contributed by atoms with E-state index >= 15 is 0 Å². The van der Waals surface area contributed by atoms with E-state index < -0.39 is 5.97 Å². The van der Waals surface area contributed by atoms with Gasteiger partial charge in [-0.15, -0.1) is 0 Å². The molecule has 0 radical (unpaired) electrons. The van der Waals surface area contributed by atoms with Crippen molar-refractivity contribution in [3.63, 3.8) is 0 Å². The monoisotopic (exact) mass is 383 g/mol. The van der Waals surface area contributed by atoms with Gasteiger partial charge in [0.2, 0.25) is 0 Å². The zero-order valence-electron chi connectivity index (χ0n) is 14.5. The van der Waals surface area contributed by atoms with E-state index in [1.165, 1.54) is 4.57 Å². The minimum absolute atomic E-state index is 0.00728. The van der Waals surface area contributed by atoms with E-state index in [1.54, 1.807) is 18.2 Å². The lowest BCUT2D eigenvalue weighted by Crippen LogP contribution is -2.34. The number of aromatic nitrogens is 1. The van der Waals surface area contributed by atoms with Crippen molar-refractivity contribution < 1.29 is 14.6 Å². The quantitative estimate of drug-likeness (QED) is 0.729. The Balaban J connectivity index is 2.16. The van der Waals surface area contributed by atoms with Crippen LogP contribution in [-0.2, 0) is 4.74 Å². The molecule has 2 aromatic carbocycles. The Morgan fingerprint density at radius 3 is 2.44 bits per heavy atom. The highest BCUT2D eigenvalue weighted by Gasteiger charge is 2.28. The summed E-state index contributed by atoms with van der Waals surface area (Å²) in [4.78, 5) is 25.6. The van der Waals surface area contributed by atoms with Gasteiger partial charge in [0.15, 0.2) is 0 Å². The van der Waals surface area contributed by atoms with Crippen LogP contribution in [0.4, 0.5) is 0 Å². The minimum Gasteiger partial charge on any atom is -0.477 e. The minimum atomic E-state index is -1.13. The van der Waals surface area contributed by atoms with Gasteiger partial charge in [0, 0.05) is 35.2 Å². The zero-order chi connectivity index (χ0) is 19.0. The highest BCUT2D eigenvalue weighted by Crippen LogP contribution is 2.34. The van der Waals surface area contributed by atoms with E-state index in [0.29, 0.717) is 47.4 Å². The van der Waals surface area contributed by atoms with Crippen molar-refractivity contribution >= 4 is 28.3 Å². The lowest BCUT2D eigenvalue weighted by molar-refractivity contribution is 0.0601. The highest BCUT2D eigenvalue weighted by molar-refractivity contribution is 6.31. The first kappa shape index (κ1) is 17.8. The van der Waals surface area contributed by atoms with Crippen LogP contribution in [0.15, 0.2) is 53.3 Å². The van der Waals surface area contributed by atoms with Gasteiger partial charge < -0.3 is 9.84 Å². The van der Waals surface area contributed by atoms with Crippen molar-refractivity contribution in [2.45, 2.75) is 18.9 Å². The Labute approximate surface area is 160 Å². The molecule has 6 heteroatoms. The number of carboxylic acids is 1. The number of rotatable bonds is 3. The fourth-order valence-electron chi connectivity index (χ4n) is 3.79. The van der Waals surface area contributed by atoms with E-state index in [9.17, 15) is 14.7 Å². The summed E-state index contributed by atoms with van der Waals surface area (Å²) in [5.74, 6) is -1.13. The molecule has 0 amide bonds. The third-order valence-corrected chi connectivity index (χ3v) is 5.23. The normalized spacial score (nSPS) is 15.1. The molecule has 0 aliphatic carbocycles. The summed E-state index contributed by atoms with van der Waals surface area (Å²) in [5, 5.41) is 11.5. The topological polar surface area (TPSA) is 68.5 Å². The molecule has 0 atom stereocenters. The Kier molecular flexibility index (Phi) is 4.72. The second kappa shape index (κ2) is 7.18. The molecule has 1 N–H and O–H groups in total. The molecule has 3 aromatic rings. The molecule has 4 rings (SSSR count). The molecule has 2 heterocycles. The van der Waals surface area contributed by atoms with Gasteiger partial charge >= 0.3 is 5.97 Å². The maximum absolute atomic E-state index is 13.3. The number of nitrogens with zero attached hydrogens (tertiary/aromatic N) is 1. The SMILES string of the molecule is O=C(O)c1c(-c2ccccc2)c2cc(Cl)ccc2c(=O)n1C1CCOCC1. The first-order valence-corrected chi connectivity index (χ1v) is 9.20. The van der Waals surface area contributed by atoms with Gasteiger partial charge in [-0.25, -0.2) is 4.79 Å². The third-order valence-electron chi connectivity index (χ3n) is 5.00. The predicted molar refractivity (Wildman–Crippen MR) is 105 cm³/mol. The Hall–Kier alpha value is -2.63. The van der Waals surface area contributed by atoms with Gasteiger partial charge in [0.25, 0.3) is 5.56 Å². The van der Waals surface area contributed by atoms with Crippen LogP contribution in [0.1, 0.15) is 29.4 Å². The van der Waals surface area contributed by atoms with Crippen LogP contribution in [0.25, 0.3) is 21.9 Å². The van der Waals surface area contributed by atoms with Crippen molar-refractivity contribution in [1.29, 1.82) is 0 Å². The van der Waals surface area contributed by atoms with Gasteiger partial charge in [-0.2, -0.15) is 0 Å². The average Bonchev–Trinajstić information content (AvgIpc) is 2.68. The van der Waals surface area contributed by atoms with E-state index in [1.807, 2.05) is 30.3 Å². The number of ether oxygens (including phenoxy) is 1. The van der Waals surface area contributed by atoms with Crippen LogP contribution in [0.3, 0.4) is 0 Å². The van der Waals surface area contributed by atoms with Gasteiger partial charge in [0.05, 0.1) is 0 Å². The first-order valence-electron chi connectivity index (χ1n) is 8.82. The second-order valence-electron chi connectivity index (χ2n) is 6.60. The number of hydrogen-bond acceptors (Lipinski definition) is 3. The lowest BCUT2D eigenvalue weighted by atomic mass is 9.95. The maximum atomic E-state index is 13.3. The first-order chi connectivity index (χ1) is 13.1. The fraction of sp³-hybridized carbons (Fsp3) is 0.238. The van der Waals surface area contributed by atoms with E-state index in [-0.39, 0.29) is 17.3 Å². The van der Waals surface area contributed by atoms with Crippen molar-refractivity contribution in [1.82, 2.24) is 4.57 Å². The molecule has 0 spiro atoms. The molecule has 1 saturated heterocycles. The molecule has 5 nitrogen and oxygen atoms in total. The summed E-state index contributed by atoms with van der Waals surface area (Å²) >= 11 is 6.18. The summed E-state index contributed by atoms with van der Waals surface area (Å²) in [7, 11) is 0. The van der Waals surface area contributed by atoms with E-state index in [4.69, 9.17) is 16.3 Å².